The second-order valence-corrected chi connectivity index (χ2v) is 9.70. The van der Waals surface area contributed by atoms with Gasteiger partial charge in [-0.1, -0.05) is 0 Å². The average Bonchev–Trinajstić information content (AvgIpc) is 3.45. The van der Waals surface area contributed by atoms with Crippen molar-refractivity contribution in [2.24, 2.45) is 5.41 Å². The first-order valence-electron chi connectivity index (χ1n) is 10.7. The van der Waals surface area contributed by atoms with E-state index in [-0.39, 0.29) is 28.6 Å². The maximum atomic E-state index is 13.8. The number of benzene rings is 1. The summed E-state index contributed by atoms with van der Waals surface area (Å²) in [5.74, 6) is -4.62. The lowest BCUT2D eigenvalue weighted by molar-refractivity contribution is -0.125. The monoisotopic (exact) mass is 476 g/mol. The van der Waals surface area contributed by atoms with Gasteiger partial charge in [-0.3, -0.25) is 14.4 Å². The molecule has 1 spiro atoms. The molecule has 2 aliphatic rings. The van der Waals surface area contributed by atoms with E-state index < -0.39 is 17.5 Å². The molecule has 4 rings (SSSR count). The first kappa shape index (κ1) is 23.2. The van der Waals surface area contributed by atoms with Gasteiger partial charge in [-0.05, 0) is 61.9 Å². The summed E-state index contributed by atoms with van der Waals surface area (Å²) in [5.41, 5.74) is -0.266. The Balaban J connectivity index is 1.34. The third-order valence-corrected chi connectivity index (χ3v) is 7.67. The van der Waals surface area contributed by atoms with Crippen LogP contribution in [0.5, 0.6) is 0 Å². The molecule has 5 nitrogen and oxygen atoms in total. The van der Waals surface area contributed by atoms with Crippen LogP contribution in [-0.2, 0) is 4.79 Å². The fraction of sp³-hybridized carbons (Fsp3) is 0.375. The summed E-state index contributed by atoms with van der Waals surface area (Å²) in [6, 6.07) is 5.26. The highest BCUT2D eigenvalue weighted by Gasteiger charge is 2.42. The van der Waals surface area contributed by atoms with Crippen molar-refractivity contribution in [1.82, 2.24) is 9.80 Å². The van der Waals surface area contributed by atoms with E-state index in [1.807, 2.05) is 0 Å². The molecule has 2 saturated heterocycles. The van der Waals surface area contributed by atoms with Crippen LogP contribution in [0.4, 0.5) is 13.2 Å². The summed E-state index contributed by atoms with van der Waals surface area (Å²) in [5, 5.41) is 0. The largest absolute Gasteiger partial charge is 0.339 e. The van der Waals surface area contributed by atoms with Crippen LogP contribution in [0.3, 0.4) is 0 Å². The number of nitrogens with zero attached hydrogens (tertiary/aromatic N) is 2. The van der Waals surface area contributed by atoms with Crippen LogP contribution in [0.2, 0.25) is 0 Å². The van der Waals surface area contributed by atoms with Crippen molar-refractivity contribution in [2.75, 3.05) is 26.2 Å². The lowest BCUT2D eigenvalue weighted by Crippen LogP contribution is -2.44. The Kier molecular flexibility index (Phi) is 6.43. The smallest absolute Gasteiger partial charge is 0.263 e. The molecule has 0 atom stereocenters. The van der Waals surface area contributed by atoms with E-state index in [1.165, 1.54) is 24.3 Å². The van der Waals surface area contributed by atoms with Gasteiger partial charge >= 0.3 is 0 Å². The van der Waals surface area contributed by atoms with Crippen molar-refractivity contribution in [3.8, 4) is 0 Å². The minimum atomic E-state index is -1.56. The van der Waals surface area contributed by atoms with Crippen LogP contribution in [0.25, 0.3) is 6.08 Å². The molecule has 33 heavy (non-hydrogen) atoms. The van der Waals surface area contributed by atoms with E-state index in [0.29, 0.717) is 35.9 Å². The Hall–Kier alpha value is -2.94. The first-order chi connectivity index (χ1) is 15.7. The second kappa shape index (κ2) is 9.13. The van der Waals surface area contributed by atoms with Crippen LogP contribution < -0.4 is 0 Å². The number of likely N-dealkylation sites (tertiary alicyclic amines) is 2. The van der Waals surface area contributed by atoms with Gasteiger partial charge < -0.3 is 9.80 Å². The maximum absolute atomic E-state index is 13.8. The van der Waals surface area contributed by atoms with E-state index in [1.54, 1.807) is 21.9 Å². The molecular formula is C24H23F3N2O3S. The van der Waals surface area contributed by atoms with Gasteiger partial charge in [-0.2, -0.15) is 0 Å². The molecule has 2 aliphatic heterocycles. The summed E-state index contributed by atoms with van der Waals surface area (Å²) in [6.45, 7) is 3.70. The highest BCUT2D eigenvalue weighted by atomic mass is 32.1. The van der Waals surface area contributed by atoms with Crippen molar-refractivity contribution in [3.63, 3.8) is 0 Å². The fourth-order valence-electron chi connectivity index (χ4n) is 4.45. The number of halogens is 3. The van der Waals surface area contributed by atoms with Gasteiger partial charge in [0.1, 0.15) is 0 Å². The SMILES string of the molecule is CC(=O)c1ccc(C(=O)N2CCC3(CCN(C(=O)/C=C/c4ccc(F)c(F)c4F)C3)CC2)s1. The van der Waals surface area contributed by atoms with Crippen LogP contribution in [0, 0.1) is 22.9 Å². The van der Waals surface area contributed by atoms with Crippen molar-refractivity contribution in [2.45, 2.75) is 26.2 Å². The van der Waals surface area contributed by atoms with Crippen LogP contribution in [0.15, 0.2) is 30.3 Å². The standard InChI is InChI=1S/C24H23F3N2O3S/c1-15(30)18-5-6-19(33-18)23(32)28-11-8-24(9-12-28)10-13-29(14-24)20(31)7-3-16-2-4-17(25)22(27)21(16)26/h2-7H,8-14H2,1H3/b7-3+. The molecule has 2 fully saturated rings. The third kappa shape index (κ3) is 4.73. The van der Waals surface area contributed by atoms with Gasteiger partial charge in [-0.25, -0.2) is 13.2 Å². The quantitative estimate of drug-likeness (QED) is 0.370. The molecule has 9 heteroatoms. The summed E-state index contributed by atoms with van der Waals surface area (Å²) in [7, 11) is 0. The molecule has 2 amide bonds. The summed E-state index contributed by atoms with van der Waals surface area (Å²) >= 11 is 1.20. The Labute approximate surface area is 193 Å². The molecule has 0 N–H and O–H groups in total. The van der Waals surface area contributed by atoms with Gasteiger partial charge in [0, 0.05) is 37.8 Å². The molecule has 2 aromatic rings. The van der Waals surface area contributed by atoms with Crippen LogP contribution in [-0.4, -0.2) is 53.6 Å². The van der Waals surface area contributed by atoms with Crippen LogP contribution >= 0.6 is 11.3 Å². The maximum Gasteiger partial charge on any atom is 0.263 e. The Morgan fingerprint density at radius 3 is 2.18 bits per heavy atom. The number of hydrogen-bond acceptors (Lipinski definition) is 4. The highest BCUT2D eigenvalue weighted by molar-refractivity contribution is 7.15. The van der Waals surface area contributed by atoms with E-state index >= 15 is 0 Å². The van der Waals surface area contributed by atoms with Crippen molar-refractivity contribution in [1.29, 1.82) is 0 Å². The number of Topliss-reactive ketones (excluding diaryl/α,β-unsaturated/α-hetero) is 1. The zero-order valence-corrected chi connectivity index (χ0v) is 18.9. The third-order valence-electron chi connectivity index (χ3n) is 6.50. The Morgan fingerprint density at radius 1 is 0.909 bits per heavy atom. The van der Waals surface area contributed by atoms with Crippen molar-refractivity contribution >= 4 is 35.0 Å². The predicted octanol–water partition coefficient (Wildman–Crippen LogP) is 4.54. The molecular weight excluding hydrogens is 453 g/mol. The number of ketones is 1. The number of carbonyl (C=O) groups is 3. The van der Waals surface area contributed by atoms with Crippen LogP contribution in [0.1, 0.15) is 51.1 Å². The molecule has 0 unspecified atom stereocenters. The van der Waals surface area contributed by atoms with E-state index in [9.17, 15) is 27.6 Å². The molecule has 0 bridgehead atoms. The zero-order valence-electron chi connectivity index (χ0n) is 18.1. The van der Waals surface area contributed by atoms with E-state index in [2.05, 4.69) is 0 Å². The van der Waals surface area contributed by atoms with Gasteiger partial charge in [0.2, 0.25) is 5.91 Å². The number of hydrogen-bond donors (Lipinski definition) is 0. The first-order valence-corrected chi connectivity index (χ1v) is 11.5. The molecule has 3 heterocycles. The Morgan fingerprint density at radius 2 is 1.55 bits per heavy atom. The number of thiophene rings is 1. The summed E-state index contributed by atoms with van der Waals surface area (Å²) in [4.78, 5) is 41.4. The molecule has 174 valence electrons. The minimum Gasteiger partial charge on any atom is -0.339 e. The average molecular weight is 477 g/mol. The zero-order chi connectivity index (χ0) is 23.8. The van der Waals surface area contributed by atoms with Gasteiger partial charge in [0.25, 0.3) is 5.91 Å². The minimum absolute atomic E-state index is 0.0614. The normalized spacial score (nSPS) is 17.8. The van der Waals surface area contributed by atoms with Gasteiger partial charge in [0.15, 0.2) is 23.2 Å². The van der Waals surface area contributed by atoms with Crippen molar-refractivity contribution < 1.29 is 27.6 Å². The summed E-state index contributed by atoms with van der Waals surface area (Å²) < 4.78 is 40.2. The summed E-state index contributed by atoms with van der Waals surface area (Å²) in [6.07, 6.45) is 4.66. The molecule has 0 radical (unpaired) electrons. The van der Waals surface area contributed by atoms with Gasteiger partial charge in [-0.15, -0.1) is 11.3 Å². The molecule has 1 aromatic heterocycles. The topological polar surface area (TPSA) is 57.7 Å². The molecule has 0 aliphatic carbocycles. The lowest BCUT2D eigenvalue weighted by atomic mass is 9.78. The number of carbonyl (C=O) groups excluding carboxylic acids is 3. The second-order valence-electron chi connectivity index (χ2n) is 8.62. The predicted molar refractivity (Wildman–Crippen MR) is 118 cm³/mol. The molecule has 1 aromatic carbocycles. The number of amides is 2. The van der Waals surface area contributed by atoms with Gasteiger partial charge in [0.05, 0.1) is 9.75 Å². The number of rotatable bonds is 4. The lowest BCUT2D eigenvalue weighted by Gasteiger charge is -2.39. The Bertz CT molecular complexity index is 1140. The van der Waals surface area contributed by atoms with Crippen molar-refractivity contribution in [3.05, 3.63) is 63.1 Å². The highest BCUT2D eigenvalue weighted by Crippen LogP contribution is 2.41. The number of piperidine rings is 1. The van der Waals surface area contributed by atoms with E-state index in [0.717, 1.165) is 37.5 Å². The molecule has 0 saturated carbocycles. The van der Waals surface area contributed by atoms with E-state index in [4.69, 9.17) is 0 Å². The fourth-order valence-corrected chi connectivity index (χ4v) is 5.32.